The number of nitrogens with one attached hydrogen (secondary N) is 2. The quantitative estimate of drug-likeness (QED) is 0.734. The van der Waals surface area contributed by atoms with Crippen LogP contribution in [-0.4, -0.2) is 30.1 Å². The van der Waals surface area contributed by atoms with Gasteiger partial charge in [0.15, 0.2) is 0 Å². The Kier molecular flexibility index (Phi) is 6.44. The Morgan fingerprint density at radius 3 is 2.66 bits per heavy atom. The monoisotopic (exact) mass is 434 g/mol. The fourth-order valence-corrected chi connectivity index (χ4v) is 6.26. The SMILES string of the molecule is O=C(Nc1ccc2n(c1=O)C[C@H]1C[C@@H]2C[NH+](CCCc2ccccc2)C1)C1CCCCC1. The molecule has 2 aliphatic heterocycles. The molecule has 2 aromatic rings. The molecule has 1 saturated heterocycles. The summed E-state index contributed by atoms with van der Waals surface area (Å²) in [5.74, 6) is 1.10. The second-order valence-electron chi connectivity index (χ2n) is 10.2. The lowest BCUT2D eigenvalue weighted by molar-refractivity contribution is -0.911. The van der Waals surface area contributed by atoms with Gasteiger partial charge in [-0.15, -0.1) is 0 Å². The molecular formula is C27H36N3O2+. The Morgan fingerprint density at radius 2 is 1.84 bits per heavy atom. The average molecular weight is 435 g/mol. The molecule has 1 saturated carbocycles. The molecule has 2 fully saturated rings. The zero-order valence-electron chi connectivity index (χ0n) is 19.0. The van der Waals surface area contributed by atoms with Crippen molar-refractivity contribution in [3.8, 4) is 0 Å². The predicted molar refractivity (Wildman–Crippen MR) is 127 cm³/mol. The number of rotatable bonds is 6. The number of quaternary nitrogens is 1. The van der Waals surface area contributed by atoms with Crippen LogP contribution in [-0.2, 0) is 17.8 Å². The number of carbonyl (C=O) groups excluding carboxylic acids is 1. The van der Waals surface area contributed by atoms with E-state index in [9.17, 15) is 9.59 Å². The number of benzene rings is 1. The molecule has 2 bridgehead atoms. The van der Waals surface area contributed by atoms with Crippen molar-refractivity contribution >= 4 is 11.6 Å². The van der Waals surface area contributed by atoms with Crippen molar-refractivity contribution < 1.29 is 9.69 Å². The van der Waals surface area contributed by atoms with Gasteiger partial charge in [0.05, 0.1) is 19.6 Å². The lowest BCUT2D eigenvalue weighted by Gasteiger charge is -2.40. The Labute approximate surface area is 190 Å². The van der Waals surface area contributed by atoms with Crippen LogP contribution in [0.1, 0.15) is 62.1 Å². The highest BCUT2D eigenvalue weighted by molar-refractivity contribution is 5.92. The summed E-state index contributed by atoms with van der Waals surface area (Å²) in [6.45, 7) is 4.25. The van der Waals surface area contributed by atoms with Crippen LogP contribution in [0.25, 0.3) is 0 Å². The van der Waals surface area contributed by atoms with Crippen LogP contribution < -0.4 is 15.8 Å². The number of hydrogen-bond acceptors (Lipinski definition) is 2. The van der Waals surface area contributed by atoms with Gasteiger partial charge in [0.1, 0.15) is 5.69 Å². The number of fused-ring (bicyclic) bond motifs is 4. The van der Waals surface area contributed by atoms with Crippen molar-refractivity contribution in [2.75, 3.05) is 25.0 Å². The minimum atomic E-state index is -0.00566. The second kappa shape index (κ2) is 9.62. The summed E-state index contributed by atoms with van der Waals surface area (Å²) in [5, 5.41) is 2.97. The third-order valence-electron chi connectivity index (χ3n) is 7.87. The number of amides is 1. The van der Waals surface area contributed by atoms with Crippen molar-refractivity contribution in [1.82, 2.24) is 4.57 Å². The minimum absolute atomic E-state index is 0.00566. The molecule has 5 heteroatoms. The Bertz CT molecular complexity index is 994. The lowest BCUT2D eigenvalue weighted by Crippen LogP contribution is -3.14. The van der Waals surface area contributed by atoms with E-state index < -0.39 is 0 Å². The molecule has 2 N–H and O–H groups in total. The van der Waals surface area contributed by atoms with E-state index in [1.165, 1.54) is 37.1 Å². The topological polar surface area (TPSA) is 55.5 Å². The number of piperidine rings is 1. The maximum atomic E-state index is 13.2. The molecule has 170 valence electrons. The maximum absolute atomic E-state index is 13.2. The smallest absolute Gasteiger partial charge is 0.274 e. The zero-order valence-corrected chi connectivity index (χ0v) is 19.0. The number of likely N-dealkylation sites (tertiary alicyclic amines) is 1. The van der Waals surface area contributed by atoms with Gasteiger partial charge in [0.2, 0.25) is 5.91 Å². The number of aryl methyl sites for hydroxylation is 1. The highest BCUT2D eigenvalue weighted by Gasteiger charge is 2.37. The van der Waals surface area contributed by atoms with Crippen molar-refractivity contribution in [3.05, 3.63) is 64.1 Å². The van der Waals surface area contributed by atoms with Crippen LogP contribution in [0.4, 0.5) is 5.69 Å². The summed E-state index contributed by atoms with van der Waals surface area (Å²) in [6, 6.07) is 14.7. The maximum Gasteiger partial charge on any atom is 0.274 e. The van der Waals surface area contributed by atoms with Crippen molar-refractivity contribution in [1.29, 1.82) is 0 Å². The molecule has 1 unspecified atom stereocenters. The van der Waals surface area contributed by atoms with Gasteiger partial charge in [-0.2, -0.15) is 0 Å². The van der Waals surface area contributed by atoms with E-state index in [4.69, 9.17) is 0 Å². The molecule has 3 atom stereocenters. The Hall–Kier alpha value is -2.40. The molecule has 1 amide bonds. The number of carbonyl (C=O) groups is 1. The largest absolute Gasteiger partial charge is 0.334 e. The third kappa shape index (κ3) is 4.68. The molecule has 3 aliphatic rings. The molecule has 1 aromatic carbocycles. The van der Waals surface area contributed by atoms with E-state index in [1.54, 1.807) is 4.90 Å². The van der Waals surface area contributed by atoms with Gasteiger partial charge in [-0.05, 0) is 43.4 Å². The minimum Gasteiger partial charge on any atom is -0.334 e. The number of anilines is 1. The van der Waals surface area contributed by atoms with Crippen LogP contribution in [0.15, 0.2) is 47.3 Å². The first-order chi connectivity index (χ1) is 15.7. The van der Waals surface area contributed by atoms with Crippen LogP contribution in [0, 0.1) is 11.8 Å². The van der Waals surface area contributed by atoms with Crippen LogP contribution in [0.3, 0.4) is 0 Å². The fraction of sp³-hybridized carbons (Fsp3) is 0.556. The highest BCUT2D eigenvalue weighted by atomic mass is 16.2. The first kappa shape index (κ1) is 21.4. The summed E-state index contributed by atoms with van der Waals surface area (Å²) in [5.41, 5.74) is 3.05. The number of hydrogen-bond donors (Lipinski definition) is 2. The summed E-state index contributed by atoms with van der Waals surface area (Å²) in [4.78, 5) is 27.6. The molecular weight excluding hydrogens is 398 g/mol. The van der Waals surface area contributed by atoms with Gasteiger partial charge >= 0.3 is 0 Å². The van der Waals surface area contributed by atoms with E-state index in [1.807, 2.05) is 10.6 Å². The van der Waals surface area contributed by atoms with Gasteiger partial charge in [-0.25, -0.2) is 0 Å². The Morgan fingerprint density at radius 1 is 1.03 bits per heavy atom. The number of nitrogens with zero attached hydrogens (tertiary/aromatic N) is 1. The third-order valence-corrected chi connectivity index (χ3v) is 7.87. The van der Waals surface area contributed by atoms with E-state index in [0.717, 1.165) is 51.7 Å². The molecule has 0 radical (unpaired) electrons. The molecule has 1 aliphatic carbocycles. The molecule has 5 rings (SSSR count). The predicted octanol–water partition coefficient (Wildman–Crippen LogP) is 3.00. The normalized spacial score (nSPS) is 25.2. The van der Waals surface area contributed by atoms with E-state index in [2.05, 4.69) is 41.7 Å². The van der Waals surface area contributed by atoms with Gasteiger partial charge in [-0.3, -0.25) is 9.59 Å². The van der Waals surface area contributed by atoms with Crippen molar-refractivity contribution in [3.63, 3.8) is 0 Å². The lowest BCUT2D eigenvalue weighted by atomic mass is 9.83. The average Bonchev–Trinajstić information content (AvgIpc) is 2.82. The van der Waals surface area contributed by atoms with E-state index in [-0.39, 0.29) is 17.4 Å². The first-order valence-corrected chi connectivity index (χ1v) is 12.6. The van der Waals surface area contributed by atoms with Crippen LogP contribution in [0.2, 0.25) is 0 Å². The summed E-state index contributed by atoms with van der Waals surface area (Å²) in [6.07, 6.45) is 8.89. The summed E-state index contributed by atoms with van der Waals surface area (Å²) >= 11 is 0. The molecule has 0 spiro atoms. The Balaban J connectivity index is 1.23. The fourth-order valence-electron chi connectivity index (χ4n) is 6.26. The molecule has 3 heterocycles. The number of pyridine rings is 1. The van der Waals surface area contributed by atoms with Crippen LogP contribution >= 0.6 is 0 Å². The summed E-state index contributed by atoms with van der Waals surface area (Å²) in [7, 11) is 0. The van der Waals surface area contributed by atoms with Gasteiger partial charge < -0.3 is 14.8 Å². The first-order valence-electron chi connectivity index (χ1n) is 12.6. The van der Waals surface area contributed by atoms with E-state index >= 15 is 0 Å². The van der Waals surface area contributed by atoms with Gasteiger partial charge in [-0.1, -0.05) is 49.6 Å². The molecule has 5 nitrogen and oxygen atoms in total. The van der Waals surface area contributed by atoms with Crippen LogP contribution in [0.5, 0.6) is 0 Å². The summed E-state index contributed by atoms with van der Waals surface area (Å²) < 4.78 is 1.97. The standard InChI is InChI=1S/C27H35N3O2/c31-26(22-11-5-2-6-12-22)28-24-13-14-25-23-16-21(18-30(25)27(24)32)17-29(19-23)15-7-10-20-8-3-1-4-9-20/h1,3-4,8-9,13-14,21-23H,2,5-7,10-12,15-19H2,(H,28,31)/p+1/t21-,23+/m0/s1. The molecule has 32 heavy (non-hydrogen) atoms. The zero-order chi connectivity index (χ0) is 21.9. The van der Waals surface area contributed by atoms with Gasteiger partial charge in [0.25, 0.3) is 5.56 Å². The van der Waals surface area contributed by atoms with Crippen molar-refractivity contribution in [2.24, 2.45) is 11.8 Å². The second-order valence-corrected chi connectivity index (χ2v) is 10.2. The van der Waals surface area contributed by atoms with E-state index in [0.29, 0.717) is 17.5 Å². The highest BCUT2D eigenvalue weighted by Crippen LogP contribution is 2.31. The van der Waals surface area contributed by atoms with Crippen molar-refractivity contribution in [2.45, 2.75) is 63.8 Å². The number of aromatic nitrogens is 1. The van der Waals surface area contributed by atoms with Gasteiger partial charge in [0, 0.05) is 36.4 Å². The molecule has 1 aromatic heterocycles.